The van der Waals surface area contributed by atoms with Gasteiger partial charge in [-0.25, -0.2) is 0 Å². The molecule has 0 saturated heterocycles. The molecule has 0 aliphatic carbocycles. The van der Waals surface area contributed by atoms with E-state index >= 15 is 0 Å². The lowest BCUT2D eigenvalue weighted by Gasteiger charge is -2.31. The fourth-order valence-electron chi connectivity index (χ4n) is 1.06. The predicted octanol–water partition coefficient (Wildman–Crippen LogP) is 3.70. The first-order chi connectivity index (χ1) is 6.06. The van der Waals surface area contributed by atoms with Gasteiger partial charge in [-0.1, -0.05) is 27.7 Å². The molecule has 1 atom stereocenters. The third-order valence-corrected chi connectivity index (χ3v) is 3.48. The maximum Gasteiger partial charge on any atom is 0.0471 e. The Bertz CT molecular complexity index is 125. The second-order valence-corrected chi connectivity index (χ2v) is 4.57. The molecule has 0 aliphatic heterocycles. The van der Waals surface area contributed by atoms with Crippen molar-refractivity contribution in [3.05, 3.63) is 0 Å². The predicted molar refractivity (Wildman–Crippen MR) is 59.4 cm³/mol. The summed E-state index contributed by atoms with van der Waals surface area (Å²) in [5, 5.41) is 0. The summed E-state index contributed by atoms with van der Waals surface area (Å²) in [5.41, 5.74) is 0.231. The molecule has 0 rings (SSSR count). The van der Waals surface area contributed by atoms with Crippen molar-refractivity contribution in [2.75, 3.05) is 19.1 Å². The zero-order valence-electron chi connectivity index (χ0n) is 9.40. The largest absolute Gasteiger partial charge is 0.381 e. The van der Waals surface area contributed by atoms with Gasteiger partial charge < -0.3 is 4.74 Å². The second-order valence-electron chi connectivity index (χ2n) is 4.30. The van der Waals surface area contributed by atoms with Crippen LogP contribution < -0.4 is 0 Å². The Balaban J connectivity index is 3.71. The normalized spacial score (nSPS) is 16.2. The number of alkyl halides is 1. The summed E-state index contributed by atoms with van der Waals surface area (Å²) in [6.45, 7) is 10.5. The summed E-state index contributed by atoms with van der Waals surface area (Å²) >= 11 is 5.96. The van der Waals surface area contributed by atoms with E-state index in [9.17, 15) is 0 Å². The van der Waals surface area contributed by atoms with Gasteiger partial charge in [-0.2, -0.15) is 0 Å². The molecule has 0 fully saturated rings. The number of hydrogen-bond donors (Lipinski definition) is 0. The molecule has 0 N–H and O–H groups in total. The quantitative estimate of drug-likeness (QED) is 0.456. The summed E-state index contributed by atoms with van der Waals surface area (Å²) in [5.74, 6) is 1.34. The molecule has 0 aliphatic rings. The van der Waals surface area contributed by atoms with E-state index in [1.165, 1.54) is 0 Å². The molecule has 0 aromatic carbocycles. The highest BCUT2D eigenvalue weighted by molar-refractivity contribution is 6.18. The first kappa shape index (κ1) is 13.2. The van der Waals surface area contributed by atoms with Crippen LogP contribution in [0.25, 0.3) is 0 Å². The van der Waals surface area contributed by atoms with Crippen LogP contribution in [0.5, 0.6) is 0 Å². The monoisotopic (exact) mass is 206 g/mol. The highest BCUT2D eigenvalue weighted by Crippen LogP contribution is 2.32. The zero-order chi connectivity index (χ0) is 10.3. The number of halogens is 1. The van der Waals surface area contributed by atoms with Crippen molar-refractivity contribution in [1.29, 1.82) is 0 Å². The molecule has 1 nitrogen and oxygen atoms in total. The smallest absolute Gasteiger partial charge is 0.0471 e. The number of rotatable bonds is 7. The third-order valence-electron chi connectivity index (χ3n) is 2.87. The number of hydrogen-bond acceptors (Lipinski definition) is 1. The molecule has 0 radical (unpaired) electrons. The van der Waals surface area contributed by atoms with Crippen LogP contribution in [0.3, 0.4) is 0 Å². The van der Waals surface area contributed by atoms with Gasteiger partial charge in [0.2, 0.25) is 0 Å². The average Bonchev–Trinajstić information content (AvgIpc) is 2.12. The van der Waals surface area contributed by atoms with E-state index in [2.05, 4.69) is 27.7 Å². The maximum absolute atomic E-state index is 5.96. The van der Waals surface area contributed by atoms with Gasteiger partial charge >= 0.3 is 0 Å². The lowest BCUT2D eigenvalue weighted by Crippen LogP contribution is -2.27. The molecule has 0 bridgehead atoms. The van der Waals surface area contributed by atoms with Crippen LogP contribution in [0, 0.1) is 11.3 Å². The Hall–Kier alpha value is 0.250. The van der Waals surface area contributed by atoms with Crippen LogP contribution in [0.15, 0.2) is 0 Å². The van der Waals surface area contributed by atoms with E-state index in [0.717, 1.165) is 31.9 Å². The summed E-state index contributed by atoms with van der Waals surface area (Å²) in [6, 6.07) is 0. The maximum atomic E-state index is 5.96. The van der Waals surface area contributed by atoms with Gasteiger partial charge in [-0.15, -0.1) is 11.6 Å². The van der Waals surface area contributed by atoms with E-state index in [0.29, 0.717) is 5.92 Å². The van der Waals surface area contributed by atoms with Gasteiger partial charge in [-0.3, -0.25) is 0 Å². The van der Waals surface area contributed by atoms with Crippen molar-refractivity contribution in [2.24, 2.45) is 11.3 Å². The Morgan fingerprint density at radius 1 is 1.31 bits per heavy atom. The molecule has 0 saturated carbocycles. The summed E-state index contributed by atoms with van der Waals surface area (Å²) in [4.78, 5) is 0. The minimum absolute atomic E-state index is 0.231. The van der Waals surface area contributed by atoms with E-state index in [1.807, 2.05) is 0 Å². The minimum Gasteiger partial charge on any atom is -0.381 e. The summed E-state index contributed by atoms with van der Waals surface area (Å²) in [7, 11) is 0. The molecular formula is C11H23ClO. The minimum atomic E-state index is 0.231. The first-order valence-corrected chi connectivity index (χ1v) is 5.74. The summed E-state index contributed by atoms with van der Waals surface area (Å²) < 4.78 is 5.47. The zero-order valence-corrected chi connectivity index (χ0v) is 10.2. The van der Waals surface area contributed by atoms with Crippen molar-refractivity contribution >= 4 is 11.6 Å². The Morgan fingerprint density at radius 2 is 1.92 bits per heavy atom. The lowest BCUT2D eigenvalue weighted by molar-refractivity contribution is 0.0898. The molecule has 0 heterocycles. The van der Waals surface area contributed by atoms with Gasteiger partial charge in [0.15, 0.2) is 0 Å². The van der Waals surface area contributed by atoms with Gasteiger partial charge in [-0.05, 0) is 24.2 Å². The van der Waals surface area contributed by atoms with Gasteiger partial charge in [0, 0.05) is 19.1 Å². The third kappa shape index (κ3) is 4.87. The lowest BCUT2D eigenvalue weighted by atomic mass is 9.78. The van der Waals surface area contributed by atoms with Gasteiger partial charge in [0.05, 0.1) is 0 Å². The van der Waals surface area contributed by atoms with Crippen molar-refractivity contribution < 1.29 is 4.74 Å². The molecule has 1 unspecified atom stereocenters. The summed E-state index contributed by atoms with van der Waals surface area (Å²) in [6.07, 6.45) is 2.16. The molecule has 0 aromatic rings. The van der Waals surface area contributed by atoms with Crippen LogP contribution in [-0.2, 0) is 4.74 Å². The van der Waals surface area contributed by atoms with Crippen LogP contribution in [-0.4, -0.2) is 19.1 Å². The fourth-order valence-corrected chi connectivity index (χ4v) is 1.50. The SMILES string of the molecule is CCCOCCC(C)(CCl)C(C)C. The fraction of sp³-hybridized carbons (Fsp3) is 1.00. The van der Waals surface area contributed by atoms with Crippen LogP contribution in [0.4, 0.5) is 0 Å². The Kier molecular flexibility index (Phi) is 6.79. The average molecular weight is 207 g/mol. The molecule has 2 heteroatoms. The molecular weight excluding hydrogens is 184 g/mol. The highest BCUT2D eigenvalue weighted by Gasteiger charge is 2.26. The number of ether oxygens (including phenoxy) is 1. The van der Waals surface area contributed by atoms with Crippen molar-refractivity contribution in [3.8, 4) is 0 Å². The van der Waals surface area contributed by atoms with Gasteiger partial charge in [0.1, 0.15) is 0 Å². The van der Waals surface area contributed by atoms with E-state index in [4.69, 9.17) is 16.3 Å². The molecule has 80 valence electrons. The van der Waals surface area contributed by atoms with Crippen LogP contribution in [0.1, 0.15) is 40.5 Å². The molecule has 0 aromatic heterocycles. The Labute approximate surface area is 87.8 Å². The van der Waals surface area contributed by atoms with Gasteiger partial charge in [0.25, 0.3) is 0 Å². The van der Waals surface area contributed by atoms with Crippen LogP contribution in [0.2, 0.25) is 0 Å². The highest BCUT2D eigenvalue weighted by atomic mass is 35.5. The molecule has 13 heavy (non-hydrogen) atoms. The van der Waals surface area contributed by atoms with E-state index in [1.54, 1.807) is 0 Å². The van der Waals surface area contributed by atoms with Crippen molar-refractivity contribution in [2.45, 2.75) is 40.5 Å². The standard InChI is InChI=1S/C11H23ClO/c1-5-7-13-8-6-11(4,9-12)10(2)3/h10H,5-9H2,1-4H3. The molecule has 0 spiro atoms. The molecule has 0 amide bonds. The van der Waals surface area contributed by atoms with E-state index < -0.39 is 0 Å². The van der Waals surface area contributed by atoms with Crippen LogP contribution >= 0.6 is 11.6 Å². The Morgan fingerprint density at radius 3 is 2.31 bits per heavy atom. The van der Waals surface area contributed by atoms with Crippen molar-refractivity contribution in [3.63, 3.8) is 0 Å². The van der Waals surface area contributed by atoms with Crippen molar-refractivity contribution in [1.82, 2.24) is 0 Å². The van der Waals surface area contributed by atoms with E-state index in [-0.39, 0.29) is 5.41 Å². The first-order valence-electron chi connectivity index (χ1n) is 5.20. The topological polar surface area (TPSA) is 9.23 Å². The second kappa shape index (κ2) is 6.67.